The van der Waals surface area contributed by atoms with Gasteiger partial charge in [0, 0.05) is 55.3 Å². The van der Waals surface area contributed by atoms with Crippen molar-refractivity contribution in [3.05, 3.63) is 107 Å². The predicted octanol–water partition coefficient (Wildman–Crippen LogP) is 5.76. The highest BCUT2D eigenvalue weighted by atomic mass is 16.2. The molecular formula is C36H37N11O2. The van der Waals surface area contributed by atoms with Gasteiger partial charge in [-0.3, -0.25) is 9.58 Å². The van der Waals surface area contributed by atoms with Crippen LogP contribution in [0.15, 0.2) is 90.2 Å². The number of carbonyl (C=O) groups excluding carboxylic acids is 1. The Hall–Kier alpha value is -6.29. The van der Waals surface area contributed by atoms with Crippen molar-refractivity contribution in [1.82, 2.24) is 40.0 Å². The van der Waals surface area contributed by atoms with Crippen LogP contribution in [0.4, 0.5) is 16.6 Å². The molecule has 0 fully saturated rings. The summed E-state index contributed by atoms with van der Waals surface area (Å²) in [5, 5.41) is 20.4. The van der Waals surface area contributed by atoms with E-state index in [2.05, 4.69) is 48.7 Å². The van der Waals surface area contributed by atoms with Crippen LogP contribution in [0.2, 0.25) is 0 Å². The number of nitrogens with one attached hydrogen (secondary N) is 4. The summed E-state index contributed by atoms with van der Waals surface area (Å²) in [6.07, 6.45) is 10.1. The van der Waals surface area contributed by atoms with E-state index in [0.29, 0.717) is 59.1 Å². The number of H-pyrrole nitrogens is 2. The fraction of sp³-hybridized carbons (Fsp3) is 0.250. The van der Waals surface area contributed by atoms with Gasteiger partial charge in [0.1, 0.15) is 11.9 Å². The maximum Gasteiger partial charge on any atom is 0.323 e. The van der Waals surface area contributed by atoms with Gasteiger partial charge in [-0.25, -0.2) is 24.5 Å². The van der Waals surface area contributed by atoms with Crippen molar-refractivity contribution in [2.45, 2.75) is 45.2 Å². The molecular weight excluding hydrogens is 618 g/mol. The highest BCUT2D eigenvalue weighted by molar-refractivity contribution is 5.91. The second-order valence-electron chi connectivity index (χ2n) is 11.7. The van der Waals surface area contributed by atoms with E-state index < -0.39 is 0 Å². The van der Waals surface area contributed by atoms with Gasteiger partial charge in [-0.2, -0.15) is 10.4 Å². The first-order valence-corrected chi connectivity index (χ1v) is 16.2. The molecule has 0 bridgehead atoms. The molecule has 0 aliphatic rings. The first-order chi connectivity index (χ1) is 23.9. The molecule has 4 N–H and O–H groups in total. The number of carbonyl (C=O) groups is 1. The number of nitrogens with zero attached hydrogens (tertiary/aromatic N) is 7. The summed E-state index contributed by atoms with van der Waals surface area (Å²) < 4.78 is 1.74. The van der Waals surface area contributed by atoms with Gasteiger partial charge < -0.3 is 20.6 Å². The Morgan fingerprint density at radius 2 is 1.80 bits per heavy atom. The molecule has 4 aromatic heterocycles. The van der Waals surface area contributed by atoms with Gasteiger partial charge >= 0.3 is 11.7 Å². The molecule has 0 spiro atoms. The normalized spacial score (nSPS) is 11.6. The SMILES string of the molecule is CCC[C@@H](CCCNc1ncc(C#N)c(-c2ccc3[nH]c(=O)[nH]c3c2)n1)N(C(=O)NCc1ccccc1)c1ccc(-c2cnn(C)c2)cn1. The molecule has 248 valence electrons. The number of aryl methyl sites for hydroxylation is 1. The van der Waals surface area contributed by atoms with Gasteiger partial charge in [0.2, 0.25) is 5.95 Å². The van der Waals surface area contributed by atoms with Crippen LogP contribution in [-0.4, -0.2) is 53.3 Å². The monoisotopic (exact) mass is 655 g/mol. The number of hydrogen-bond acceptors (Lipinski definition) is 8. The van der Waals surface area contributed by atoms with E-state index in [9.17, 15) is 14.9 Å². The summed E-state index contributed by atoms with van der Waals surface area (Å²) in [6.45, 7) is 3.05. The average Bonchev–Trinajstić information content (AvgIpc) is 3.73. The lowest BCUT2D eigenvalue weighted by Gasteiger charge is -2.31. The summed E-state index contributed by atoms with van der Waals surface area (Å²) >= 11 is 0. The Bertz CT molecular complexity index is 2130. The summed E-state index contributed by atoms with van der Waals surface area (Å²) in [6, 6.07) is 20.9. The van der Waals surface area contributed by atoms with E-state index in [0.717, 1.165) is 36.0 Å². The molecule has 0 saturated carbocycles. The third-order valence-electron chi connectivity index (χ3n) is 8.22. The Balaban J connectivity index is 1.17. The Labute approximate surface area is 283 Å². The average molecular weight is 656 g/mol. The van der Waals surface area contributed by atoms with Gasteiger partial charge in [-0.15, -0.1) is 0 Å². The van der Waals surface area contributed by atoms with Crippen molar-refractivity contribution in [2.24, 2.45) is 7.05 Å². The zero-order valence-corrected chi connectivity index (χ0v) is 27.3. The van der Waals surface area contributed by atoms with Crippen LogP contribution in [-0.2, 0) is 13.6 Å². The number of benzene rings is 2. The van der Waals surface area contributed by atoms with E-state index in [1.54, 1.807) is 34.1 Å². The molecule has 13 heteroatoms. The van der Waals surface area contributed by atoms with Crippen molar-refractivity contribution >= 4 is 28.8 Å². The number of imidazole rings is 1. The summed E-state index contributed by atoms with van der Waals surface area (Å²) in [5.74, 6) is 0.958. The zero-order valence-electron chi connectivity index (χ0n) is 27.3. The molecule has 13 nitrogen and oxygen atoms in total. The second-order valence-corrected chi connectivity index (χ2v) is 11.7. The molecule has 0 unspecified atom stereocenters. The Morgan fingerprint density at radius 3 is 2.53 bits per heavy atom. The summed E-state index contributed by atoms with van der Waals surface area (Å²) in [4.78, 5) is 46.6. The highest BCUT2D eigenvalue weighted by Gasteiger charge is 2.26. The van der Waals surface area contributed by atoms with Crippen LogP contribution >= 0.6 is 0 Å². The van der Waals surface area contributed by atoms with Crippen LogP contribution in [0.1, 0.15) is 43.7 Å². The van der Waals surface area contributed by atoms with E-state index in [1.165, 1.54) is 6.20 Å². The van der Waals surface area contributed by atoms with E-state index in [1.807, 2.05) is 61.8 Å². The van der Waals surface area contributed by atoms with E-state index in [-0.39, 0.29) is 17.8 Å². The molecule has 1 atom stereocenters. The second kappa shape index (κ2) is 15.1. The van der Waals surface area contributed by atoms with Crippen molar-refractivity contribution in [3.63, 3.8) is 0 Å². The van der Waals surface area contributed by atoms with Crippen molar-refractivity contribution in [3.8, 4) is 28.5 Å². The summed E-state index contributed by atoms with van der Waals surface area (Å²) in [7, 11) is 1.87. The lowest BCUT2D eigenvalue weighted by Crippen LogP contribution is -2.47. The first-order valence-electron chi connectivity index (χ1n) is 16.2. The minimum Gasteiger partial charge on any atom is -0.354 e. The maximum atomic E-state index is 13.8. The number of hydrogen-bond donors (Lipinski definition) is 4. The van der Waals surface area contributed by atoms with E-state index in [4.69, 9.17) is 4.98 Å². The number of anilines is 2. The lowest BCUT2D eigenvalue weighted by molar-refractivity contribution is 0.242. The van der Waals surface area contributed by atoms with Gasteiger partial charge in [0.25, 0.3) is 0 Å². The van der Waals surface area contributed by atoms with Gasteiger partial charge in [-0.1, -0.05) is 49.7 Å². The topological polar surface area (TPSA) is 173 Å². The van der Waals surface area contributed by atoms with Crippen LogP contribution in [0.3, 0.4) is 0 Å². The number of rotatable bonds is 13. The molecule has 2 aromatic carbocycles. The smallest absolute Gasteiger partial charge is 0.323 e. The lowest BCUT2D eigenvalue weighted by atomic mass is 10.0. The Kier molecular flexibility index (Phi) is 10.0. The minimum absolute atomic E-state index is 0.119. The fourth-order valence-electron chi connectivity index (χ4n) is 5.81. The van der Waals surface area contributed by atoms with Gasteiger partial charge in [-0.05, 0) is 49.1 Å². The van der Waals surface area contributed by atoms with Crippen LogP contribution < -0.4 is 21.2 Å². The van der Waals surface area contributed by atoms with Gasteiger partial charge in [0.05, 0.1) is 34.7 Å². The van der Waals surface area contributed by atoms with Crippen LogP contribution in [0, 0.1) is 11.3 Å². The third kappa shape index (κ3) is 7.82. The quantitative estimate of drug-likeness (QED) is 0.114. The molecule has 2 amide bonds. The Morgan fingerprint density at radius 1 is 0.980 bits per heavy atom. The highest BCUT2D eigenvalue weighted by Crippen LogP contribution is 2.26. The molecule has 49 heavy (non-hydrogen) atoms. The van der Waals surface area contributed by atoms with Crippen molar-refractivity contribution in [2.75, 3.05) is 16.8 Å². The van der Waals surface area contributed by atoms with Crippen LogP contribution in [0.25, 0.3) is 33.4 Å². The number of pyridine rings is 1. The molecule has 6 rings (SSSR count). The minimum atomic E-state index is -0.302. The van der Waals surface area contributed by atoms with Crippen LogP contribution in [0.5, 0.6) is 0 Å². The number of nitriles is 1. The number of urea groups is 1. The number of fused-ring (bicyclic) bond motifs is 1. The van der Waals surface area contributed by atoms with Crippen molar-refractivity contribution in [1.29, 1.82) is 5.26 Å². The number of aromatic nitrogens is 7. The first kappa shape index (κ1) is 32.6. The molecule has 0 radical (unpaired) electrons. The molecule has 4 heterocycles. The maximum absolute atomic E-state index is 13.8. The predicted molar refractivity (Wildman–Crippen MR) is 189 cm³/mol. The van der Waals surface area contributed by atoms with Crippen molar-refractivity contribution < 1.29 is 4.79 Å². The molecule has 6 aromatic rings. The fourth-order valence-corrected chi connectivity index (χ4v) is 5.81. The number of aromatic amines is 2. The molecule has 0 saturated heterocycles. The van der Waals surface area contributed by atoms with E-state index >= 15 is 0 Å². The zero-order chi connectivity index (χ0) is 34.2. The number of amides is 2. The molecule has 0 aliphatic carbocycles. The largest absolute Gasteiger partial charge is 0.354 e. The standard InChI is InChI=1S/C36H37N11O2/c1-3-8-29(11-7-16-38-34-40-21-27(18-37)33(45-34)25-12-14-30-31(17-25)44-35(48)43-30)47(36(49)41-19-24-9-5-4-6-10-24)32-15-13-26(20-39-32)28-22-42-46(2)23-28/h4-6,9-10,12-15,17,20-23,29H,3,7-8,11,16,19H2,1-2H3,(H,41,49)(H,38,40,45)(H2,43,44,48)/t29-/m0/s1. The summed E-state index contributed by atoms with van der Waals surface area (Å²) in [5.41, 5.74) is 5.35. The third-order valence-corrected chi connectivity index (χ3v) is 8.22. The van der Waals surface area contributed by atoms with Gasteiger partial charge in [0.15, 0.2) is 0 Å². The molecule has 0 aliphatic heterocycles.